The van der Waals surface area contributed by atoms with Gasteiger partial charge < -0.3 is 4.55 Å². The normalized spacial score (nSPS) is 10.7. The fourth-order valence-corrected chi connectivity index (χ4v) is 3.16. The zero-order valence-electron chi connectivity index (χ0n) is 15.7. The van der Waals surface area contributed by atoms with Crippen LogP contribution in [-0.2, 0) is 10.1 Å². The van der Waals surface area contributed by atoms with Crippen molar-refractivity contribution in [3.05, 3.63) is 87.8 Å². The van der Waals surface area contributed by atoms with Crippen molar-refractivity contribution in [1.29, 1.82) is 0 Å². The SMILES string of the molecule is C=C(C)C(=O)c1ccc(C(=O)C=Cc2cccc(N=[N+]=[N-])c2S(=O)(=O)[O-])cc1.[Na+]. The van der Waals surface area contributed by atoms with Crippen LogP contribution in [0, 0.1) is 0 Å². The van der Waals surface area contributed by atoms with E-state index in [-0.39, 0.29) is 52.2 Å². The van der Waals surface area contributed by atoms with Crippen molar-refractivity contribution >= 4 is 33.4 Å². The Bertz CT molecular complexity index is 1150. The average molecular weight is 419 g/mol. The second-order valence-electron chi connectivity index (χ2n) is 5.72. The minimum Gasteiger partial charge on any atom is -0.744 e. The third-order valence-electron chi connectivity index (χ3n) is 3.66. The van der Waals surface area contributed by atoms with Gasteiger partial charge in [0, 0.05) is 16.0 Å². The van der Waals surface area contributed by atoms with E-state index >= 15 is 0 Å². The Hall–Kier alpha value is -2.52. The van der Waals surface area contributed by atoms with Crippen molar-refractivity contribution in [2.75, 3.05) is 0 Å². The van der Waals surface area contributed by atoms with E-state index in [0.29, 0.717) is 11.1 Å². The first-order valence-electron chi connectivity index (χ1n) is 7.82. The van der Waals surface area contributed by atoms with Crippen LogP contribution in [0.5, 0.6) is 0 Å². The smallest absolute Gasteiger partial charge is 0.744 e. The number of nitrogens with zero attached hydrogens (tertiary/aromatic N) is 3. The molecule has 0 unspecified atom stereocenters. The molecule has 0 aliphatic rings. The molecule has 0 aromatic heterocycles. The van der Waals surface area contributed by atoms with E-state index in [1.54, 1.807) is 6.92 Å². The van der Waals surface area contributed by atoms with Gasteiger partial charge in [0.1, 0.15) is 10.1 Å². The molecule has 10 heteroatoms. The van der Waals surface area contributed by atoms with Crippen molar-refractivity contribution in [2.24, 2.45) is 5.11 Å². The molecule has 0 atom stereocenters. The standard InChI is InChI=1S/C19H15N3O5S.Na/c1-12(2)18(24)14-8-6-13(7-9-14)17(23)11-10-15-4-3-5-16(21-22-20)19(15)28(25,26)27;/h3-11H,1H2,2H3,(H,25,26,27);/q;+1/p-1. The molecule has 0 saturated heterocycles. The van der Waals surface area contributed by atoms with E-state index in [4.69, 9.17) is 5.53 Å². The minimum absolute atomic E-state index is 0. The molecule has 0 heterocycles. The van der Waals surface area contributed by atoms with Crippen LogP contribution in [0.25, 0.3) is 16.5 Å². The van der Waals surface area contributed by atoms with Crippen molar-refractivity contribution in [3.63, 3.8) is 0 Å². The number of ketones is 2. The van der Waals surface area contributed by atoms with Gasteiger partial charge in [-0.15, -0.1) is 0 Å². The number of azide groups is 1. The molecule has 2 aromatic carbocycles. The molecular weight excluding hydrogens is 405 g/mol. The third kappa shape index (κ3) is 6.23. The molecular formula is C19H14N3NaO5S. The van der Waals surface area contributed by atoms with E-state index in [9.17, 15) is 22.6 Å². The van der Waals surface area contributed by atoms with Crippen LogP contribution in [-0.4, -0.2) is 24.5 Å². The van der Waals surface area contributed by atoms with Gasteiger partial charge in [-0.2, -0.15) is 0 Å². The third-order valence-corrected chi connectivity index (χ3v) is 4.61. The van der Waals surface area contributed by atoms with Crippen LogP contribution >= 0.6 is 0 Å². The zero-order valence-corrected chi connectivity index (χ0v) is 18.5. The number of benzene rings is 2. The van der Waals surface area contributed by atoms with E-state index in [0.717, 1.165) is 12.2 Å². The molecule has 142 valence electrons. The Morgan fingerprint density at radius 1 is 1.14 bits per heavy atom. The Balaban J connectivity index is 0.00000420. The summed E-state index contributed by atoms with van der Waals surface area (Å²) in [5, 5.41) is 3.20. The molecule has 2 rings (SSSR count). The number of carbonyl (C=O) groups excluding carboxylic acids is 2. The number of rotatable bonds is 7. The van der Waals surface area contributed by atoms with Crippen LogP contribution < -0.4 is 29.6 Å². The second kappa shape index (κ2) is 10.3. The predicted molar refractivity (Wildman–Crippen MR) is 102 cm³/mol. The Labute approximate surface area is 189 Å². The van der Waals surface area contributed by atoms with Crippen LogP contribution in [0.3, 0.4) is 0 Å². The Kier molecular flexibility index (Phi) is 8.72. The summed E-state index contributed by atoms with van der Waals surface area (Å²) in [6, 6.07) is 9.73. The number of Topliss-reactive ketones (excluding diaryl/α,β-unsaturated/α-hetero) is 1. The largest absolute Gasteiger partial charge is 1.00 e. The molecule has 0 aliphatic carbocycles. The average Bonchev–Trinajstić information content (AvgIpc) is 2.65. The first-order valence-corrected chi connectivity index (χ1v) is 9.22. The summed E-state index contributed by atoms with van der Waals surface area (Å²) in [5.41, 5.74) is 9.10. The molecule has 0 aliphatic heterocycles. The molecule has 0 spiro atoms. The zero-order chi connectivity index (χ0) is 20.9. The van der Waals surface area contributed by atoms with Gasteiger partial charge in [0.2, 0.25) is 0 Å². The van der Waals surface area contributed by atoms with Gasteiger partial charge in [0.25, 0.3) is 0 Å². The van der Waals surface area contributed by atoms with Crippen molar-refractivity contribution in [1.82, 2.24) is 0 Å². The van der Waals surface area contributed by atoms with Crippen LogP contribution in [0.1, 0.15) is 33.2 Å². The van der Waals surface area contributed by atoms with Gasteiger partial charge in [0.05, 0.1) is 10.6 Å². The van der Waals surface area contributed by atoms with Gasteiger partial charge in [-0.05, 0) is 35.7 Å². The van der Waals surface area contributed by atoms with Crippen LogP contribution in [0.15, 0.2) is 70.7 Å². The first-order chi connectivity index (χ1) is 13.1. The number of hydrogen-bond donors (Lipinski definition) is 0. The predicted octanol–water partition coefficient (Wildman–Crippen LogP) is 1.19. The molecule has 0 bridgehead atoms. The Morgan fingerprint density at radius 3 is 2.24 bits per heavy atom. The van der Waals surface area contributed by atoms with E-state index in [2.05, 4.69) is 16.6 Å². The van der Waals surface area contributed by atoms with E-state index in [1.165, 1.54) is 42.5 Å². The number of allylic oxidation sites excluding steroid dienone is 2. The number of carbonyl (C=O) groups is 2. The summed E-state index contributed by atoms with van der Waals surface area (Å²) in [6.45, 7) is 5.15. The Morgan fingerprint density at radius 2 is 1.72 bits per heavy atom. The van der Waals surface area contributed by atoms with Crippen LogP contribution in [0.4, 0.5) is 5.69 Å². The van der Waals surface area contributed by atoms with Crippen molar-refractivity contribution < 1.29 is 52.1 Å². The maximum absolute atomic E-state index is 12.3. The van der Waals surface area contributed by atoms with Crippen molar-refractivity contribution in [2.45, 2.75) is 11.8 Å². The molecule has 2 aromatic rings. The first kappa shape index (κ1) is 24.5. The van der Waals surface area contributed by atoms with Gasteiger partial charge >= 0.3 is 29.6 Å². The molecule has 0 saturated carbocycles. The summed E-state index contributed by atoms with van der Waals surface area (Å²) >= 11 is 0. The van der Waals surface area contributed by atoms with E-state index < -0.39 is 20.8 Å². The fraction of sp³-hybridized carbons (Fsp3) is 0.0526. The van der Waals surface area contributed by atoms with E-state index in [1.807, 2.05) is 0 Å². The molecule has 0 fully saturated rings. The second-order valence-corrected chi connectivity index (χ2v) is 7.04. The topological polar surface area (TPSA) is 140 Å². The van der Waals surface area contributed by atoms with Gasteiger partial charge in [0.15, 0.2) is 11.6 Å². The fourth-order valence-electron chi connectivity index (χ4n) is 2.37. The molecule has 0 amide bonds. The van der Waals surface area contributed by atoms with Crippen LogP contribution in [0.2, 0.25) is 0 Å². The summed E-state index contributed by atoms with van der Waals surface area (Å²) < 4.78 is 34.6. The van der Waals surface area contributed by atoms with Gasteiger partial charge in [-0.1, -0.05) is 54.2 Å². The minimum atomic E-state index is -4.95. The molecule has 29 heavy (non-hydrogen) atoms. The molecule has 8 nitrogen and oxygen atoms in total. The summed E-state index contributed by atoms with van der Waals surface area (Å²) in [6.07, 6.45) is 2.23. The molecule has 0 N–H and O–H groups in total. The monoisotopic (exact) mass is 419 g/mol. The van der Waals surface area contributed by atoms with Gasteiger partial charge in [-0.25, -0.2) is 8.42 Å². The summed E-state index contributed by atoms with van der Waals surface area (Å²) in [7, 11) is -4.95. The van der Waals surface area contributed by atoms with Gasteiger partial charge in [-0.3, -0.25) is 9.59 Å². The molecule has 0 radical (unpaired) electrons. The maximum Gasteiger partial charge on any atom is 1.00 e. The van der Waals surface area contributed by atoms with Crippen molar-refractivity contribution in [3.8, 4) is 0 Å². The maximum atomic E-state index is 12.3. The quantitative estimate of drug-likeness (QED) is 0.126. The number of hydrogen-bond acceptors (Lipinski definition) is 6. The summed E-state index contributed by atoms with van der Waals surface area (Å²) in [5.74, 6) is -0.715. The summed E-state index contributed by atoms with van der Waals surface area (Å²) in [4.78, 5) is 25.9.